The minimum atomic E-state index is -0.266. The van der Waals surface area contributed by atoms with E-state index in [-0.39, 0.29) is 35.9 Å². The second-order valence-corrected chi connectivity index (χ2v) is 5.32. The van der Waals surface area contributed by atoms with E-state index in [1.165, 1.54) is 12.1 Å². The van der Waals surface area contributed by atoms with Gasteiger partial charge in [-0.25, -0.2) is 4.39 Å². The maximum absolute atomic E-state index is 12.8. The van der Waals surface area contributed by atoms with Crippen molar-refractivity contribution in [1.82, 2.24) is 10.6 Å². The van der Waals surface area contributed by atoms with Gasteiger partial charge in [-0.05, 0) is 50.5 Å². The smallest absolute Gasteiger partial charge is 0.191 e. The van der Waals surface area contributed by atoms with Crippen LogP contribution in [-0.2, 0) is 4.74 Å². The third kappa shape index (κ3) is 10.6. The Hall–Kier alpha value is -1.09. The third-order valence-electron chi connectivity index (χ3n) is 3.25. The molecule has 0 aliphatic heterocycles. The van der Waals surface area contributed by atoms with E-state index in [4.69, 9.17) is 9.47 Å². The number of unbranched alkanes of at least 4 members (excludes halogenated alkanes) is 2. The van der Waals surface area contributed by atoms with Crippen LogP contribution in [0.2, 0.25) is 0 Å². The molecule has 138 valence electrons. The monoisotopic (exact) mass is 453 g/mol. The summed E-state index contributed by atoms with van der Waals surface area (Å²) in [5.41, 5.74) is 0. The molecule has 0 fully saturated rings. The maximum Gasteiger partial charge on any atom is 0.191 e. The lowest BCUT2D eigenvalue weighted by Gasteiger charge is -2.17. The quantitative estimate of drug-likeness (QED) is 0.247. The highest BCUT2D eigenvalue weighted by Crippen LogP contribution is 2.12. The second kappa shape index (κ2) is 14.3. The van der Waals surface area contributed by atoms with Gasteiger partial charge in [0.2, 0.25) is 0 Å². The van der Waals surface area contributed by atoms with Gasteiger partial charge in [0, 0.05) is 27.3 Å². The Morgan fingerprint density at radius 3 is 2.50 bits per heavy atom. The summed E-state index contributed by atoms with van der Waals surface area (Å²) in [6.07, 6.45) is 3.22. The molecule has 0 aromatic heterocycles. The fourth-order valence-corrected chi connectivity index (χ4v) is 2.00. The second-order valence-electron chi connectivity index (χ2n) is 5.32. The molecule has 0 spiro atoms. The normalized spacial score (nSPS) is 12.2. The van der Waals surface area contributed by atoms with E-state index >= 15 is 0 Å². The van der Waals surface area contributed by atoms with Gasteiger partial charge >= 0.3 is 0 Å². The minimum Gasteiger partial charge on any atom is -0.489 e. The van der Waals surface area contributed by atoms with Crippen LogP contribution in [0.25, 0.3) is 0 Å². The van der Waals surface area contributed by atoms with Crippen molar-refractivity contribution >= 4 is 29.9 Å². The first-order valence-electron chi connectivity index (χ1n) is 8.01. The molecule has 0 aliphatic carbocycles. The number of nitrogens with one attached hydrogen (secondary N) is 2. The van der Waals surface area contributed by atoms with Crippen LogP contribution in [-0.4, -0.2) is 45.9 Å². The molecule has 24 heavy (non-hydrogen) atoms. The van der Waals surface area contributed by atoms with Gasteiger partial charge in [0.1, 0.15) is 17.7 Å². The Morgan fingerprint density at radius 1 is 1.17 bits per heavy atom. The van der Waals surface area contributed by atoms with Crippen LogP contribution in [0.5, 0.6) is 5.75 Å². The van der Waals surface area contributed by atoms with E-state index in [1.807, 2.05) is 6.92 Å². The van der Waals surface area contributed by atoms with Crippen LogP contribution in [0.4, 0.5) is 4.39 Å². The summed E-state index contributed by atoms with van der Waals surface area (Å²) in [4.78, 5) is 4.18. The Bertz CT molecular complexity index is 458. The Labute approximate surface area is 161 Å². The number of halogens is 2. The number of hydrogen-bond acceptors (Lipinski definition) is 3. The Kier molecular flexibility index (Phi) is 13.6. The number of benzene rings is 1. The zero-order valence-electron chi connectivity index (χ0n) is 14.7. The maximum atomic E-state index is 12.8. The van der Waals surface area contributed by atoms with Gasteiger partial charge in [-0.2, -0.15) is 0 Å². The van der Waals surface area contributed by atoms with Crippen LogP contribution in [0, 0.1) is 5.82 Å². The first kappa shape index (κ1) is 22.9. The molecular formula is C17H29FIN3O2. The topological polar surface area (TPSA) is 54.9 Å². The lowest BCUT2D eigenvalue weighted by Crippen LogP contribution is -2.42. The van der Waals surface area contributed by atoms with Crippen LogP contribution >= 0.6 is 24.0 Å². The zero-order chi connectivity index (χ0) is 16.9. The average Bonchev–Trinajstić information content (AvgIpc) is 2.55. The number of methoxy groups -OCH3 is 1. The van der Waals surface area contributed by atoms with Crippen molar-refractivity contribution in [3.8, 4) is 5.75 Å². The minimum absolute atomic E-state index is 0. The van der Waals surface area contributed by atoms with E-state index in [9.17, 15) is 4.39 Å². The van der Waals surface area contributed by atoms with Crippen LogP contribution in [0.15, 0.2) is 29.3 Å². The molecule has 0 saturated heterocycles. The number of hydrogen-bond donors (Lipinski definition) is 2. The highest BCUT2D eigenvalue weighted by molar-refractivity contribution is 14.0. The molecule has 7 heteroatoms. The number of rotatable bonds is 10. The molecule has 1 atom stereocenters. The van der Waals surface area contributed by atoms with E-state index < -0.39 is 0 Å². The van der Waals surface area contributed by atoms with Crippen LogP contribution in [0.1, 0.15) is 26.2 Å². The van der Waals surface area contributed by atoms with Gasteiger partial charge in [-0.15, -0.1) is 24.0 Å². The van der Waals surface area contributed by atoms with Crippen molar-refractivity contribution in [2.24, 2.45) is 4.99 Å². The molecule has 2 N–H and O–H groups in total. The summed E-state index contributed by atoms with van der Waals surface area (Å²) in [5.74, 6) is 1.14. The lowest BCUT2D eigenvalue weighted by atomic mass is 10.2. The average molecular weight is 453 g/mol. The van der Waals surface area contributed by atoms with Crippen molar-refractivity contribution in [3.05, 3.63) is 30.1 Å². The van der Waals surface area contributed by atoms with Crippen LogP contribution in [0.3, 0.4) is 0 Å². The van der Waals surface area contributed by atoms with E-state index in [0.29, 0.717) is 12.3 Å². The summed E-state index contributed by atoms with van der Waals surface area (Å²) < 4.78 is 23.6. The summed E-state index contributed by atoms with van der Waals surface area (Å²) in [5, 5.41) is 6.48. The Balaban J connectivity index is 0.00000529. The van der Waals surface area contributed by atoms with Crippen LogP contribution < -0.4 is 15.4 Å². The Morgan fingerprint density at radius 2 is 1.88 bits per heavy atom. The van der Waals surface area contributed by atoms with Gasteiger partial charge in [0.05, 0.1) is 6.54 Å². The van der Waals surface area contributed by atoms with E-state index in [0.717, 1.165) is 38.4 Å². The van der Waals surface area contributed by atoms with Gasteiger partial charge in [-0.1, -0.05) is 0 Å². The highest BCUT2D eigenvalue weighted by Gasteiger charge is 2.05. The van der Waals surface area contributed by atoms with Crippen molar-refractivity contribution in [1.29, 1.82) is 0 Å². The molecule has 0 bridgehead atoms. The third-order valence-corrected chi connectivity index (χ3v) is 3.25. The van der Waals surface area contributed by atoms with Crippen molar-refractivity contribution in [2.75, 3.05) is 33.9 Å². The first-order chi connectivity index (χ1) is 11.2. The van der Waals surface area contributed by atoms with Crippen molar-refractivity contribution in [3.63, 3.8) is 0 Å². The van der Waals surface area contributed by atoms with Crippen molar-refractivity contribution < 1.29 is 13.9 Å². The number of ether oxygens (including phenoxy) is 2. The predicted octanol–water partition coefficient (Wildman–Crippen LogP) is 3.19. The van der Waals surface area contributed by atoms with E-state index in [1.54, 1.807) is 26.3 Å². The zero-order valence-corrected chi connectivity index (χ0v) is 17.0. The molecule has 0 aliphatic rings. The molecule has 5 nitrogen and oxygen atoms in total. The summed E-state index contributed by atoms with van der Waals surface area (Å²) in [7, 11) is 3.46. The number of aliphatic imine (C=N–C) groups is 1. The standard InChI is InChI=1S/C17H28FN3O2.HI/c1-14(23-16-9-7-15(18)8-10-16)13-21-17(19-2)20-11-5-4-6-12-22-3;/h7-10,14H,4-6,11-13H2,1-3H3,(H2,19,20,21);1H. The SMILES string of the molecule is CN=C(NCCCCCOC)NCC(C)Oc1ccc(F)cc1.I. The molecule has 0 amide bonds. The number of nitrogens with zero attached hydrogens (tertiary/aromatic N) is 1. The summed E-state index contributed by atoms with van der Waals surface area (Å²) in [6.45, 7) is 4.25. The van der Waals surface area contributed by atoms with Gasteiger partial charge in [0.25, 0.3) is 0 Å². The molecule has 1 aromatic rings. The fraction of sp³-hybridized carbons (Fsp3) is 0.588. The number of guanidine groups is 1. The summed E-state index contributed by atoms with van der Waals surface area (Å²) in [6, 6.07) is 6.02. The van der Waals surface area contributed by atoms with Crippen molar-refractivity contribution in [2.45, 2.75) is 32.3 Å². The summed E-state index contributed by atoms with van der Waals surface area (Å²) >= 11 is 0. The first-order valence-corrected chi connectivity index (χ1v) is 8.01. The largest absolute Gasteiger partial charge is 0.489 e. The van der Waals surface area contributed by atoms with E-state index in [2.05, 4.69) is 15.6 Å². The highest BCUT2D eigenvalue weighted by atomic mass is 127. The fourth-order valence-electron chi connectivity index (χ4n) is 2.00. The molecule has 0 heterocycles. The molecule has 0 radical (unpaired) electrons. The predicted molar refractivity (Wildman–Crippen MR) is 107 cm³/mol. The van der Waals surface area contributed by atoms with Gasteiger partial charge in [0.15, 0.2) is 5.96 Å². The molecule has 0 saturated carbocycles. The molecule has 1 unspecified atom stereocenters. The molecule has 1 aromatic carbocycles. The van der Waals surface area contributed by atoms with Gasteiger partial charge in [-0.3, -0.25) is 4.99 Å². The molecular weight excluding hydrogens is 424 g/mol. The molecule has 1 rings (SSSR count). The lowest BCUT2D eigenvalue weighted by molar-refractivity contribution is 0.192. The van der Waals surface area contributed by atoms with Gasteiger partial charge < -0.3 is 20.1 Å².